The molecule has 0 unspecified atom stereocenters. The molecule has 0 aromatic rings. The van der Waals surface area contributed by atoms with Crippen LogP contribution >= 0.6 is 0 Å². The summed E-state index contributed by atoms with van der Waals surface area (Å²) in [4.78, 5) is 0. The van der Waals surface area contributed by atoms with Crippen LogP contribution in [-0.4, -0.2) is 198 Å². The van der Waals surface area contributed by atoms with Gasteiger partial charge in [0.15, 0.2) is 25.2 Å². The highest BCUT2D eigenvalue weighted by Gasteiger charge is 2.53. The molecule has 0 amide bonds. The molecule has 0 radical (unpaired) electrons. The van der Waals surface area contributed by atoms with Gasteiger partial charge in [0.05, 0.1) is 25.9 Å². The maximum absolute atomic E-state index is 10.9. The zero-order valence-electron chi connectivity index (χ0n) is 22.3. The molecule has 12 N–H and O–H groups in total. The van der Waals surface area contributed by atoms with Gasteiger partial charge in [-0.3, -0.25) is 0 Å². The summed E-state index contributed by atoms with van der Waals surface area (Å²) in [5.74, 6) is 0. The molecular formula is C23H40O19. The fourth-order valence-corrected chi connectivity index (χ4v) is 5.10. The predicted molar refractivity (Wildman–Crippen MR) is 126 cm³/mol. The molecule has 19 heteroatoms. The van der Waals surface area contributed by atoms with Crippen molar-refractivity contribution < 1.29 is 94.4 Å². The van der Waals surface area contributed by atoms with E-state index in [1.54, 1.807) is 0 Å². The van der Waals surface area contributed by atoms with Gasteiger partial charge in [0, 0.05) is 0 Å². The van der Waals surface area contributed by atoms with Gasteiger partial charge in [-0.25, -0.2) is 0 Å². The molecule has 246 valence electrons. The van der Waals surface area contributed by atoms with E-state index in [1.807, 2.05) is 0 Å². The minimum absolute atomic E-state index is 0.409. The largest absolute Gasteiger partial charge is 0.394 e. The lowest BCUT2D eigenvalue weighted by Crippen LogP contribution is -2.65. The summed E-state index contributed by atoms with van der Waals surface area (Å²) in [5, 5.41) is 122. The van der Waals surface area contributed by atoms with Crippen molar-refractivity contribution in [1.82, 2.24) is 0 Å². The molecule has 4 fully saturated rings. The van der Waals surface area contributed by atoms with E-state index in [9.17, 15) is 61.3 Å². The lowest BCUT2D eigenvalue weighted by atomic mass is 9.96. The van der Waals surface area contributed by atoms with Crippen LogP contribution in [0.15, 0.2) is 0 Å². The number of ether oxygens (including phenoxy) is 7. The summed E-state index contributed by atoms with van der Waals surface area (Å²) < 4.78 is 37.7. The summed E-state index contributed by atoms with van der Waals surface area (Å²) in [7, 11) is 0. The molecule has 0 bridgehead atoms. The van der Waals surface area contributed by atoms with Crippen LogP contribution in [0.5, 0.6) is 0 Å². The first kappa shape index (κ1) is 34.1. The third-order valence-corrected chi connectivity index (χ3v) is 7.75. The second kappa shape index (κ2) is 14.1. The fourth-order valence-electron chi connectivity index (χ4n) is 5.10. The van der Waals surface area contributed by atoms with Crippen LogP contribution in [0.3, 0.4) is 0 Å². The van der Waals surface area contributed by atoms with E-state index in [-0.39, 0.29) is 0 Å². The van der Waals surface area contributed by atoms with Gasteiger partial charge in [0.1, 0.15) is 85.5 Å². The fraction of sp³-hybridized carbons (Fsp3) is 1.00. The Bertz CT molecular complexity index is 853. The summed E-state index contributed by atoms with van der Waals surface area (Å²) in [5.41, 5.74) is 0. The van der Waals surface area contributed by atoms with Crippen molar-refractivity contribution in [2.45, 2.75) is 124 Å². The number of hydrogen-bond donors (Lipinski definition) is 12. The zero-order valence-corrected chi connectivity index (χ0v) is 22.3. The van der Waals surface area contributed by atoms with Gasteiger partial charge in [-0.15, -0.1) is 0 Å². The van der Waals surface area contributed by atoms with Crippen molar-refractivity contribution in [2.24, 2.45) is 0 Å². The van der Waals surface area contributed by atoms with Gasteiger partial charge < -0.3 is 94.4 Å². The smallest absolute Gasteiger partial charge is 0.187 e. The number of aliphatic hydroxyl groups is 12. The lowest BCUT2D eigenvalue weighted by molar-refractivity contribution is -0.375. The van der Waals surface area contributed by atoms with Crippen molar-refractivity contribution in [1.29, 1.82) is 0 Å². The first-order chi connectivity index (χ1) is 19.8. The molecule has 4 heterocycles. The van der Waals surface area contributed by atoms with E-state index >= 15 is 0 Å². The van der Waals surface area contributed by atoms with E-state index in [1.165, 1.54) is 6.92 Å². The van der Waals surface area contributed by atoms with Crippen LogP contribution in [0, 0.1) is 0 Å². The molecule has 4 aliphatic rings. The van der Waals surface area contributed by atoms with Gasteiger partial charge in [-0.05, 0) is 6.92 Å². The molecule has 42 heavy (non-hydrogen) atoms. The Morgan fingerprint density at radius 1 is 0.571 bits per heavy atom. The molecule has 0 aliphatic carbocycles. The van der Waals surface area contributed by atoms with E-state index < -0.39 is 137 Å². The Morgan fingerprint density at radius 3 is 1.88 bits per heavy atom. The van der Waals surface area contributed by atoms with Crippen LogP contribution in [-0.2, 0) is 33.2 Å². The molecular weight excluding hydrogens is 580 g/mol. The zero-order chi connectivity index (χ0) is 31.0. The summed E-state index contributed by atoms with van der Waals surface area (Å²) in [6.45, 7) is -0.415. The van der Waals surface area contributed by atoms with E-state index in [4.69, 9.17) is 33.2 Å². The second-order valence-electron chi connectivity index (χ2n) is 10.7. The average molecular weight is 621 g/mol. The Kier molecular flexibility index (Phi) is 11.5. The Labute approximate surface area is 238 Å². The minimum Gasteiger partial charge on any atom is -0.394 e. The first-order valence-corrected chi connectivity index (χ1v) is 13.4. The normalized spacial score (nSPS) is 54.1. The molecule has 19 atom stereocenters. The highest BCUT2D eigenvalue weighted by Crippen LogP contribution is 2.32. The Hall–Kier alpha value is -0.760. The predicted octanol–water partition coefficient (Wildman–Crippen LogP) is -8.08. The molecule has 4 aliphatic heterocycles. The van der Waals surface area contributed by atoms with E-state index in [0.717, 1.165) is 0 Å². The first-order valence-electron chi connectivity index (χ1n) is 13.4. The van der Waals surface area contributed by atoms with Gasteiger partial charge in [0.25, 0.3) is 0 Å². The number of hydrogen-bond acceptors (Lipinski definition) is 19. The third kappa shape index (κ3) is 6.89. The highest BCUT2D eigenvalue weighted by atomic mass is 16.8. The molecule has 0 spiro atoms. The summed E-state index contributed by atoms with van der Waals surface area (Å²) in [6.07, 6.45) is -30.7. The van der Waals surface area contributed by atoms with Gasteiger partial charge in [0.2, 0.25) is 0 Å². The van der Waals surface area contributed by atoms with Gasteiger partial charge in [-0.2, -0.15) is 0 Å². The summed E-state index contributed by atoms with van der Waals surface area (Å²) >= 11 is 0. The highest BCUT2D eigenvalue weighted by molar-refractivity contribution is 4.95. The van der Waals surface area contributed by atoms with Crippen molar-refractivity contribution in [3.8, 4) is 0 Å². The standard InChI is InChI=1S/C23H40O19/c1-5-9(26)19(42-22-15(32)10(27)6(25)3-36-22)17(34)23(38-5)41-18-7(2-24)40-21(16(33)13(18)30)37-4-8-11(28)12(29)14(31)20(35)39-8/h5-35H,2-4H2,1H3/t5-,6+,7+,8+,9-,10-,11+,12-,13+,14+,15+,16+,17+,18+,19+,20+,21+,22-,23-/m0/s1. The lowest BCUT2D eigenvalue weighted by Gasteiger charge is -2.47. The van der Waals surface area contributed by atoms with Crippen LogP contribution in [0.4, 0.5) is 0 Å². The topological polar surface area (TPSA) is 307 Å². The van der Waals surface area contributed by atoms with Crippen molar-refractivity contribution >= 4 is 0 Å². The molecule has 0 aromatic carbocycles. The van der Waals surface area contributed by atoms with Crippen LogP contribution < -0.4 is 0 Å². The summed E-state index contributed by atoms with van der Waals surface area (Å²) in [6, 6.07) is 0. The van der Waals surface area contributed by atoms with Gasteiger partial charge >= 0.3 is 0 Å². The third-order valence-electron chi connectivity index (χ3n) is 7.75. The molecule has 19 nitrogen and oxygen atoms in total. The van der Waals surface area contributed by atoms with Crippen molar-refractivity contribution in [3.63, 3.8) is 0 Å². The molecule has 0 saturated carbocycles. The SMILES string of the molecule is C[C@@H]1O[C@@H](O[C@H]2[C@H](O)[C@@H](O)[C@H](OC[C@H]3O[C@@H](O)[C@H](O)[C@@H](O)[C@@H]3O)O[C@@H]2CO)[C@H](O)[C@H](O[C@@H]2OC[C@@H](O)[C@H](O)[C@H]2O)[C@H]1O. The average Bonchev–Trinajstić information content (AvgIpc) is 2.96. The number of rotatable bonds is 8. The van der Waals surface area contributed by atoms with Crippen molar-refractivity contribution in [3.05, 3.63) is 0 Å². The molecule has 4 saturated heterocycles. The van der Waals surface area contributed by atoms with E-state index in [0.29, 0.717) is 0 Å². The molecule has 4 rings (SSSR count). The monoisotopic (exact) mass is 620 g/mol. The number of aliphatic hydroxyl groups excluding tert-OH is 12. The Morgan fingerprint density at radius 2 is 1.21 bits per heavy atom. The molecule has 0 aromatic heterocycles. The minimum atomic E-state index is -1.85. The van der Waals surface area contributed by atoms with Crippen LogP contribution in [0.1, 0.15) is 6.92 Å². The van der Waals surface area contributed by atoms with E-state index in [2.05, 4.69) is 0 Å². The van der Waals surface area contributed by atoms with Crippen LogP contribution in [0.2, 0.25) is 0 Å². The maximum Gasteiger partial charge on any atom is 0.187 e. The van der Waals surface area contributed by atoms with Crippen LogP contribution in [0.25, 0.3) is 0 Å². The second-order valence-corrected chi connectivity index (χ2v) is 10.7. The maximum atomic E-state index is 10.9. The quantitative estimate of drug-likeness (QED) is 0.120. The van der Waals surface area contributed by atoms with Gasteiger partial charge in [-0.1, -0.05) is 0 Å². The Balaban J connectivity index is 1.39. The van der Waals surface area contributed by atoms with Crippen molar-refractivity contribution in [2.75, 3.05) is 19.8 Å².